The average molecular weight is 351 g/mol. The molecule has 0 amide bonds. The number of fused-ring (bicyclic) bond motifs is 1. The molecule has 24 heavy (non-hydrogen) atoms. The van der Waals surface area contributed by atoms with Crippen LogP contribution in [0.15, 0.2) is 24.4 Å². The number of likely N-dealkylation sites (N-methyl/N-ethyl adjacent to an activating group) is 1. The number of aliphatic hydroxyl groups is 1. The summed E-state index contributed by atoms with van der Waals surface area (Å²) in [4.78, 5) is 5.38. The van der Waals surface area contributed by atoms with Crippen LogP contribution in [0.3, 0.4) is 0 Å². The summed E-state index contributed by atoms with van der Waals surface area (Å²) >= 11 is 0. The first-order valence-corrected chi connectivity index (χ1v) is 9.89. The zero-order valence-electron chi connectivity index (χ0n) is 14.2. The van der Waals surface area contributed by atoms with Crippen molar-refractivity contribution in [3.05, 3.63) is 35.5 Å². The molecular weight excluding hydrogens is 326 g/mol. The van der Waals surface area contributed by atoms with Crippen molar-refractivity contribution < 1.29 is 13.5 Å². The van der Waals surface area contributed by atoms with Gasteiger partial charge in [-0.05, 0) is 50.6 Å². The Kier molecular flexibility index (Phi) is 4.96. The van der Waals surface area contributed by atoms with Gasteiger partial charge in [-0.2, -0.15) is 4.31 Å². The van der Waals surface area contributed by atoms with Crippen molar-refractivity contribution >= 4 is 20.9 Å². The lowest BCUT2D eigenvalue weighted by molar-refractivity contribution is 0.0948. The standard InChI is InChI=1S/C17H25N3O3S/c1-19(2)9-7-14-11-18-16-10-13(5-6-15(14)16)12-24(22,23)20-8-3-4-17(20)21/h5-6,10-11,17-18,21H,3-4,7-9,12H2,1-2H3. The van der Waals surface area contributed by atoms with Gasteiger partial charge in [0.25, 0.3) is 0 Å². The number of hydrogen-bond acceptors (Lipinski definition) is 4. The SMILES string of the molecule is CN(C)CCc1c[nH]c2cc(CS(=O)(=O)N3CCCC3O)ccc12. The highest BCUT2D eigenvalue weighted by Crippen LogP contribution is 2.25. The van der Waals surface area contributed by atoms with Crippen LogP contribution < -0.4 is 0 Å². The molecule has 2 heterocycles. The second-order valence-electron chi connectivity index (χ2n) is 6.74. The molecule has 1 aromatic heterocycles. The summed E-state index contributed by atoms with van der Waals surface area (Å²) in [5.41, 5.74) is 2.93. The molecule has 2 aromatic rings. The van der Waals surface area contributed by atoms with E-state index in [-0.39, 0.29) is 5.75 Å². The van der Waals surface area contributed by atoms with Crippen LogP contribution in [0.2, 0.25) is 0 Å². The van der Waals surface area contributed by atoms with E-state index in [2.05, 4.69) is 9.88 Å². The van der Waals surface area contributed by atoms with Crippen molar-refractivity contribution in [1.29, 1.82) is 0 Å². The van der Waals surface area contributed by atoms with E-state index in [1.165, 1.54) is 9.87 Å². The maximum absolute atomic E-state index is 12.5. The second-order valence-corrected chi connectivity index (χ2v) is 8.66. The molecule has 6 nitrogen and oxygen atoms in total. The number of rotatable bonds is 6. The molecule has 2 N–H and O–H groups in total. The van der Waals surface area contributed by atoms with Gasteiger partial charge in [0, 0.05) is 30.2 Å². The number of benzene rings is 1. The normalized spacial score (nSPS) is 19.6. The van der Waals surface area contributed by atoms with Gasteiger partial charge in [-0.1, -0.05) is 12.1 Å². The molecule has 0 radical (unpaired) electrons. The third kappa shape index (κ3) is 3.64. The van der Waals surface area contributed by atoms with E-state index in [1.807, 2.05) is 38.5 Å². The van der Waals surface area contributed by atoms with Gasteiger partial charge in [-0.25, -0.2) is 8.42 Å². The summed E-state index contributed by atoms with van der Waals surface area (Å²) < 4.78 is 26.2. The average Bonchev–Trinajstić information content (AvgIpc) is 3.10. The van der Waals surface area contributed by atoms with Gasteiger partial charge in [0.15, 0.2) is 0 Å². The number of aromatic amines is 1. The molecule has 1 aliphatic heterocycles. The van der Waals surface area contributed by atoms with Crippen molar-refractivity contribution in [1.82, 2.24) is 14.2 Å². The summed E-state index contributed by atoms with van der Waals surface area (Å²) in [6.07, 6.45) is 3.30. The first kappa shape index (κ1) is 17.4. The molecule has 1 unspecified atom stereocenters. The number of aliphatic hydroxyl groups excluding tert-OH is 1. The van der Waals surface area contributed by atoms with Gasteiger partial charge in [-0.3, -0.25) is 0 Å². The number of hydrogen-bond donors (Lipinski definition) is 2. The van der Waals surface area contributed by atoms with Crippen LogP contribution in [0.4, 0.5) is 0 Å². The molecule has 0 bridgehead atoms. The van der Waals surface area contributed by atoms with E-state index >= 15 is 0 Å². The molecule has 7 heteroatoms. The van der Waals surface area contributed by atoms with Crippen LogP contribution in [0.5, 0.6) is 0 Å². The first-order chi connectivity index (χ1) is 11.4. The molecular formula is C17H25N3O3S. The molecule has 1 aromatic carbocycles. The third-order valence-electron chi connectivity index (χ3n) is 4.54. The van der Waals surface area contributed by atoms with Crippen molar-refractivity contribution in [3.8, 4) is 0 Å². The maximum Gasteiger partial charge on any atom is 0.220 e. The maximum atomic E-state index is 12.5. The van der Waals surface area contributed by atoms with Crippen LogP contribution in [0, 0.1) is 0 Å². The molecule has 132 valence electrons. The fraction of sp³-hybridized carbons (Fsp3) is 0.529. The second kappa shape index (κ2) is 6.84. The lowest BCUT2D eigenvalue weighted by Gasteiger charge is -2.19. The number of nitrogens with zero attached hydrogens (tertiary/aromatic N) is 2. The predicted molar refractivity (Wildman–Crippen MR) is 95.1 cm³/mol. The van der Waals surface area contributed by atoms with Gasteiger partial charge in [0.1, 0.15) is 6.23 Å². The summed E-state index contributed by atoms with van der Waals surface area (Å²) in [5, 5.41) is 11.0. The van der Waals surface area contributed by atoms with E-state index in [4.69, 9.17) is 0 Å². The Morgan fingerprint density at radius 2 is 2.17 bits per heavy atom. The van der Waals surface area contributed by atoms with Crippen LogP contribution in [-0.2, 0) is 22.2 Å². The minimum absolute atomic E-state index is 0.0773. The van der Waals surface area contributed by atoms with Gasteiger partial charge in [0.05, 0.1) is 5.75 Å². The van der Waals surface area contributed by atoms with Crippen LogP contribution in [0.25, 0.3) is 10.9 Å². The monoisotopic (exact) mass is 351 g/mol. The highest BCUT2D eigenvalue weighted by Gasteiger charge is 2.32. The number of H-pyrrole nitrogens is 1. The molecule has 1 saturated heterocycles. The van der Waals surface area contributed by atoms with Crippen LogP contribution in [0.1, 0.15) is 24.0 Å². The predicted octanol–water partition coefficient (Wildman–Crippen LogP) is 1.52. The minimum atomic E-state index is -3.48. The Morgan fingerprint density at radius 3 is 2.83 bits per heavy atom. The van der Waals surface area contributed by atoms with Gasteiger partial charge >= 0.3 is 0 Å². The molecule has 1 atom stereocenters. The van der Waals surface area contributed by atoms with E-state index in [1.54, 1.807) is 0 Å². The van der Waals surface area contributed by atoms with Crippen LogP contribution >= 0.6 is 0 Å². The van der Waals surface area contributed by atoms with Crippen molar-refractivity contribution in [2.45, 2.75) is 31.2 Å². The van der Waals surface area contributed by atoms with E-state index in [0.29, 0.717) is 19.4 Å². The fourth-order valence-electron chi connectivity index (χ4n) is 3.21. The number of nitrogens with one attached hydrogen (secondary N) is 1. The number of sulfonamides is 1. The first-order valence-electron chi connectivity index (χ1n) is 8.28. The smallest absolute Gasteiger partial charge is 0.220 e. The zero-order chi connectivity index (χ0) is 17.3. The van der Waals surface area contributed by atoms with Crippen molar-refractivity contribution in [2.24, 2.45) is 0 Å². The Morgan fingerprint density at radius 1 is 1.38 bits per heavy atom. The summed E-state index contributed by atoms with van der Waals surface area (Å²) in [6.45, 7) is 1.37. The summed E-state index contributed by atoms with van der Waals surface area (Å²) in [6, 6.07) is 5.76. The zero-order valence-corrected chi connectivity index (χ0v) is 15.0. The van der Waals surface area contributed by atoms with E-state index < -0.39 is 16.3 Å². The van der Waals surface area contributed by atoms with Gasteiger partial charge in [0.2, 0.25) is 10.0 Å². The lowest BCUT2D eigenvalue weighted by Crippen LogP contribution is -2.36. The van der Waals surface area contributed by atoms with Crippen molar-refractivity contribution in [3.63, 3.8) is 0 Å². The molecule has 0 spiro atoms. The Hall–Kier alpha value is -1.41. The van der Waals surface area contributed by atoms with Crippen LogP contribution in [-0.4, -0.2) is 61.1 Å². The van der Waals surface area contributed by atoms with Gasteiger partial charge in [-0.15, -0.1) is 0 Å². The lowest BCUT2D eigenvalue weighted by atomic mass is 10.1. The summed E-state index contributed by atoms with van der Waals surface area (Å²) in [5.74, 6) is -0.0773. The fourth-order valence-corrected chi connectivity index (χ4v) is 4.86. The van der Waals surface area contributed by atoms with Gasteiger partial charge < -0.3 is 15.0 Å². The minimum Gasteiger partial charge on any atom is -0.377 e. The molecule has 1 fully saturated rings. The van der Waals surface area contributed by atoms with E-state index in [9.17, 15) is 13.5 Å². The molecule has 0 saturated carbocycles. The van der Waals surface area contributed by atoms with E-state index in [0.717, 1.165) is 29.4 Å². The Balaban J connectivity index is 1.79. The Labute approximate surface area is 143 Å². The van der Waals surface area contributed by atoms with Crippen molar-refractivity contribution in [2.75, 3.05) is 27.2 Å². The highest BCUT2D eigenvalue weighted by molar-refractivity contribution is 7.88. The molecule has 1 aliphatic rings. The Bertz CT molecular complexity index is 814. The largest absolute Gasteiger partial charge is 0.377 e. The quantitative estimate of drug-likeness (QED) is 0.827. The highest BCUT2D eigenvalue weighted by atomic mass is 32.2. The number of aromatic nitrogens is 1. The molecule has 3 rings (SSSR count). The third-order valence-corrected chi connectivity index (χ3v) is 6.38. The molecule has 0 aliphatic carbocycles. The summed E-state index contributed by atoms with van der Waals surface area (Å²) in [7, 11) is 0.610. The topological polar surface area (TPSA) is 76.6 Å².